The molecule has 0 saturated heterocycles. The van der Waals surface area contributed by atoms with Gasteiger partial charge in [-0.2, -0.15) is 0 Å². The number of nitrogens with one attached hydrogen (secondary N) is 1. The molecule has 186 valence electrons. The van der Waals surface area contributed by atoms with Gasteiger partial charge in [0.15, 0.2) is 0 Å². The van der Waals surface area contributed by atoms with Crippen LogP contribution < -0.4 is 14.4 Å². The molecule has 1 unspecified atom stereocenters. The molecule has 0 saturated carbocycles. The van der Waals surface area contributed by atoms with E-state index >= 15 is 0 Å². The number of carbonyl (C=O) groups excluding carboxylic acids is 2. The van der Waals surface area contributed by atoms with E-state index in [4.69, 9.17) is 4.74 Å². The maximum absolute atomic E-state index is 13.4. The molecule has 0 aliphatic heterocycles. The summed E-state index contributed by atoms with van der Waals surface area (Å²) in [5, 5.41) is 2.82. The monoisotopic (exact) mass is 489 g/mol. The smallest absolute Gasteiger partial charge is 0.244 e. The standard InChI is InChI=1S/C25H35N3O5S/c1-6-16-26-25(30)20(4)27(17-21-10-8-19(3)9-11-21)24(29)18-28(34(5,31)32)22-12-14-23(15-13-22)33-7-2/h8-15,20H,6-7,16-18H2,1-5H3,(H,26,30). The van der Waals surface area contributed by atoms with Gasteiger partial charge in [-0.3, -0.25) is 13.9 Å². The highest BCUT2D eigenvalue weighted by molar-refractivity contribution is 7.92. The molecular weight excluding hydrogens is 454 g/mol. The topological polar surface area (TPSA) is 96.0 Å². The Morgan fingerprint density at radius 3 is 2.18 bits per heavy atom. The van der Waals surface area contributed by atoms with Crippen molar-refractivity contribution in [2.24, 2.45) is 0 Å². The van der Waals surface area contributed by atoms with Gasteiger partial charge < -0.3 is 15.0 Å². The number of amides is 2. The zero-order valence-corrected chi connectivity index (χ0v) is 21.4. The Morgan fingerprint density at radius 2 is 1.65 bits per heavy atom. The Kier molecular flexibility index (Phi) is 9.92. The van der Waals surface area contributed by atoms with E-state index in [-0.39, 0.29) is 12.5 Å². The molecule has 2 aromatic rings. The lowest BCUT2D eigenvalue weighted by molar-refractivity contribution is -0.139. The van der Waals surface area contributed by atoms with Gasteiger partial charge in [-0.1, -0.05) is 36.8 Å². The molecule has 34 heavy (non-hydrogen) atoms. The summed E-state index contributed by atoms with van der Waals surface area (Å²) in [4.78, 5) is 27.6. The van der Waals surface area contributed by atoms with Crippen molar-refractivity contribution >= 4 is 27.5 Å². The Balaban J connectivity index is 2.33. The maximum Gasteiger partial charge on any atom is 0.244 e. The summed E-state index contributed by atoms with van der Waals surface area (Å²) >= 11 is 0. The highest BCUT2D eigenvalue weighted by atomic mass is 32.2. The van der Waals surface area contributed by atoms with Crippen LogP contribution in [0.25, 0.3) is 0 Å². The quantitative estimate of drug-likeness (QED) is 0.494. The SMILES string of the molecule is CCCNC(=O)C(C)N(Cc1ccc(C)cc1)C(=O)CN(c1ccc(OCC)cc1)S(C)(=O)=O. The predicted molar refractivity (Wildman–Crippen MR) is 134 cm³/mol. The third-order valence-electron chi connectivity index (χ3n) is 5.30. The molecule has 0 bridgehead atoms. The van der Waals surface area contributed by atoms with E-state index in [1.165, 1.54) is 4.90 Å². The third-order valence-corrected chi connectivity index (χ3v) is 6.45. The fourth-order valence-corrected chi connectivity index (χ4v) is 4.21. The first-order valence-electron chi connectivity index (χ1n) is 11.4. The molecule has 0 spiro atoms. The minimum absolute atomic E-state index is 0.181. The molecule has 1 N–H and O–H groups in total. The van der Waals surface area contributed by atoms with Gasteiger partial charge in [-0.25, -0.2) is 8.42 Å². The van der Waals surface area contributed by atoms with Gasteiger partial charge in [0, 0.05) is 13.1 Å². The molecule has 0 radical (unpaired) electrons. The summed E-state index contributed by atoms with van der Waals surface area (Å²) in [6.45, 7) is 8.16. The molecule has 2 amide bonds. The van der Waals surface area contributed by atoms with Crippen LogP contribution in [0.3, 0.4) is 0 Å². The molecule has 0 fully saturated rings. The Morgan fingerprint density at radius 1 is 1.03 bits per heavy atom. The lowest BCUT2D eigenvalue weighted by Crippen LogP contribution is -2.51. The number of nitrogens with zero attached hydrogens (tertiary/aromatic N) is 2. The lowest BCUT2D eigenvalue weighted by Gasteiger charge is -2.31. The summed E-state index contributed by atoms with van der Waals surface area (Å²) in [5.41, 5.74) is 2.27. The fourth-order valence-electron chi connectivity index (χ4n) is 3.36. The zero-order chi connectivity index (χ0) is 25.3. The number of benzene rings is 2. The van der Waals surface area contributed by atoms with E-state index < -0.39 is 28.5 Å². The first-order chi connectivity index (χ1) is 16.1. The van der Waals surface area contributed by atoms with Gasteiger partial charge in [0.25, 0.3) is 0 Å². The van der Waals surface area contributed by atoms with Gasteiger partial charge in [-0.05, 0) is 57.0 Å². The van der Waals surface area contributed by atoms with E-state index in [0.717, 1.165) is 28.1 Å². The van der Waals surface area contributed by atoms with E-state index in [1.807, 2.05) is 45.0 Å². The van der Waals surface area contributed by atoms with E-state index in [2.05, 4.69) is 5.32 Å². The number of carbonyl (C=O) groups is 2. The normalized spacial score (nSPS) is 12.0. The number of ether oxygens (including phenoxy) is 1. The molecule has 0 aromatic heterocycles. The first-order valence-corrected chi connectivity index (χ1v) is 13.2. The van der Waals surface area contributed by atoms with Gasteiger partial charge in [0.1, 0.15) is 18.3 Å². The van der Waals surface area contributed by atoms with Gasteiger partial charge in [-0.15, -0.1) is 0 Å². The number of sulfonamides is 1. The second-order valence-corrected chi connectivity index (χ2v) is 10.1. The largest absolute Gasteiger partial charge is 0.494 e. The van der Waals surface area contributed by atoms with Crippen LogP contribution in [-0.2, 0) is 26.2 Å². The number of hydrogen-bond donors (Lipinski definition) is 1. The van der Waals surface area contributed by atoms with Crippen molar-refractivity contribution in [3.63, 3.8) is 0 Å². The molecule has 8 nitrogen and oxygen atoms in total. The van der Waals surface area contributed by atoms with Crippen molar-refractivity contribution in [2.45, 2.75) is 46.7 Å². The first kappa shape index (κ1) is 27.2. The summed E-state index contributed by atoms with van der Waals surface area (Å²) < 4.78 is 31.6. The van der Waals surface area contributed by atoms with Crippen LogP contribution in [0, 0.1) is 6.92 Å². The van der Waals surface area contributed by atoms with Crippen molar-refractivity contribution in [2.75, 3.05) is 30.3 Å². The van der Waals surface area contributed by atoms with Crippen molar-refractivity contribution in [3.8, 4) is 5.75 Å². The molecule has 2 rings (SSSR count). The molecule has 2 aromatic carbocycles. The Labute approximate surface area is 202 Å². The van der Waals surface area contributed by atoms with Crippen molar-refractivity contribution < 1.29 is 22.7 Å². The average Bonchev–Trinajstić information content (AvgIpc) is 2.80. The zero-order valence-electron chi connectivity index (χ0n) is 20.6. The molecule has 0 heterocycles. The van der Waals surface area contributed by atoms with Crippen molar-refractivity contribution in [1.29, 1.82) is 0 Å². The second-order valence-electron chi connectivity index (χ2n) is 8.17. The van der Waals surface area contributed by atoms with Gasteiger partial charge in [0.2, 0.25) is 21.8 Å². The second kappa shape index (κ2) is 12.4. The third kappa shape index (κ3) is 7.76. The molecule has 0 aliphatic rings. The van der Waals surface area contributed by atoms with Crippen molar-refractivity contribution in [3.05, 3.63) is 59.7 Å². The van der Waals surface area contributed by atoms with E-state index in [1.54, 1.807) is 31.2 Å². The predicted octanol–water partition coefficient (Wildman–Crippen LogP) is 3.10. The highest BCUT2D eigenvalue weighted by Crippen LogP contribution is 2.22. The number of aryl methyl sites for hydroxylation is 1. The minimum Gasteiger partial charge on any atom is -0.494 e. The van der Waals surface area contributed by atoms with Crippen LogP contribution >= 0.6 is 0 Å². The van der Waals surface area contributed by atoms with Crippen LogP contribution in [0.5, 0.6) is 5.75 Å². The van der Waals surface area contributed by atoms with Gasteiger partial charge in [0.05, 0.1) is 18.6 Å². The summed E-state index contributed by atoms with van der Waals surface area (Å²) in [7, 11) is -3.77. The van der Waals surface area contributed by atoms with Crippen LogP contribution in [-0.4, -0.2) is 57.1 Å². The van der Waals surface area contributed by atoms with Crippen LogP contribution in [0.15, 0.2) is 48.5 Å². The molecule has 1 atom stereocenters. The minimum atomic E-state index is -3.77. The van der Waals surface area contributed by atoms with Crippen LogP contribution in [0.2, 0.25) is 0 Å². The highest BCUT2D eigenvalue weighted by Gasteiger charge is 2.30. The summed E-state index contributed by atoms with van der Waals surface area (Å²) in [5.74, 6) is -0.151. The van der Waals surface area contributed by atoms with Gasteiger partial charge >= 0.3 is 0 Å². The maximum atomic E-state index is 13.4. The number of rotatable bonds is 12. The van der Waals surface area contributed by atoms with Crippen LogP contribution in [0.1, 0.15) is 38.3 Å². The Hall–Kier alpha value is -3.07. The summed E-state index contributed by atoms with van der Waals surface area (Å²) in [6, 6.07) is 13.4. The lowest BCUT2D eigenvalue weighted by atomic mass is 10.1. The number of anilines is 1. The summed E-state index contributed by atoms with van der Waals surface area (Å²) in [6.07, 6.45) is 1.82. The molecule has 9 heteroatoms. The van der Waals surface area contributed by atoms with E-state index in [9.17, 15) is 18.0 Å². The van der Waals surface area contributed by atoms with E-state index in [0.29, 0.717) is 24.6 Å². The van der Waals surface area contributed by atoms with Crippen molar-refractivity contribution in [1.82, 2.24) is 10.2 Å². The molecule has 0 aliphatic carbocycles. The average molecular weight is 490 g/mol. The fraction of sp³-hybridized carbons (Fsp3) is 0.440. The number of hydrogen-bond acceptors (Lipinski definition) is 5. The molecular formula is C25H35N3O5S. The Bertz CT molecular complexity index is 1050. The van der Waals surface area contributed by atoms with Crippen LogP contribution in [0.4, 0.5) is 5.69 Å².